The van der Waals surface area contributed by atoms with Crippen LogP contribution in [0.4, 0.5) is 5.13 Å². The average molecular weight is 392 g/mol. The Labute approximate surface area is 167 Å². The summed E-state index contributed by atoms with van der Waals surface area (Å²) in [5.41, 5.74) is 8.49. The molecule has 2 heterocycles. The lowest BCUT2D eigenvalue weighted by Crippen LogP contribution is -2.31. The van der Waals surface area contributed by atoms with Gasteiger partial charge in [-0.3, -0.25) is 4.98 Å². The van der Waals surface area contributed by atoms with Crippen LogP contribution < -0.4 is 15.8 Å². The first-order valence-electron chi connectivity index (χ1n) is 9.01. The van der Waals surface area contributed by atoms with Crippen molar-refractivity contribution < 1.29 is 4.74 Å². The molecule has 1 atom stereocenters. The molecule has 0 unspecified atom stereocenters. The van der Waals surface area contributed by atoms with Gasteiger partial charge in [0.25, 0.3) is 0 Å². The summed E-state index contributed by atoms with van der Waals surface area (Å²) in [4.78, 5) is 4.15. The summed E-state index contributed by atoms with van der Waals surface area (Å²) in [6.45, 7) is 0.629. The minimum absolute atomic E-state index is 0.0195. The van der Waals surface area contributed by atoms with E-state index in [4.69, 9.17) is 10.5 Å². The fraction of sp³-hybridized carbons (Fsp3) is 0.190. The van der Waals surface area contributed by atoms with Gasteiger partial charge in [0.15, 0.2) is 0 Å². The van der Waals surface area contributed by atoms with Crippen molar-refractivity contribution >= 4 is 27.2 Å². The van der Waals surface area contributed by atoms with Crippen molar-refractivity contribution in [2.45, 2.75) is 12.5 Å². The van der Waals surface area contributed by atoms with Crippen LogP contribution in [0.1, 0.15) is 5.56 Å². The number of rotatable bonds is 7. The maximum atomic E-state index is 6.26. The van der Waals surface area contributed by atoms with E-state index in [1.807, 2.05) is 42.6 Å². The Balaban J connectivity index is 1.37. The monoisotopic (exact) mass is 391 g/mol. The van der Waals surface area contributed by atoms with Gasteiger partial charge < -0.3 is 15.8 Å². The molecule has 0 aliphatic carbocycles. The minimum atomic E-state index is -0.0195. The molecular weight excluding hydrogens is 370 g/mol. The van der Waals surface area contributed by atoms with Crippen LogP contribution in [-0.4, -0.2) is 34.9 Å². The Hall–Kier alpha value is -3.03. The summed E-state index contributed by atoms with van der Waals surface area (Å²) < 4.78 is 5.18. The lowest BCUT2D eigenvalue weighted by Gasteiger charge is -2.12. The maximum Gasteiger partial charge on any atom is 0.206 e. The van der Waals surface area contributed by atoms with E-state index in [0.29, 0.717) is 6.54 Å². The van der Waals surface area contributed by atoms with Gasteiger partial charge in [-0.1, -0.05) is 35.6 Å². The van der Waals surface area contributed by atoms with Crippen LogP contribution in [0.5, 0.6) is 5.75 Å². The number of anilines is 1. The van der Waals surface area contributed by atoms with E-state index in [-0.39, 0.29) is 6.04 Å². The van der Waals surface area contributed by atoms with Crippen LogP contribution in [0, 0.1) is 0 Å². The first-order chi connectivity index (χ1) is 13.7. The molecule has 0 radical (unpaired) electrons. The first kappa shape index (κ1) is 18.3. The summed E-state index contributed by atoms with van der Waals surface area (Å²) in [6.07, 6.45) is 4.43. The number of nitrogens with one attached hydrogen (secondary N) is 1. The minimum Gasteiger partial charge on any atom is -0.497 e. The molecule has 0 amide bonds. The van der Waals surface area contributed by atoms with E-state index in [2.05, 4.69) is 32.6 Å². The Morgan fingerprint density at radius 2 is 1.93 bits per heavy atom. The Morgan fingerprint density at radius 1 is 1.07 bits per heavy atom. The van der Waals surface area contributed by atoms with Crippen molar-refractivity contribution in [1.82, 2.24) is 15.2 Å². The molecule has 4 aromatic rings. The molecule has 7 heteroatoms. The summed E-state index contributed by atoms with van der Waals surface area (Å²) in [7, 11) is 1.66. The van der Waals surface area contributed by atoms with Crippen LogP contribution in [0.15, 0.2) is 60.9 Å². The summed E-state index contributed by atoms with van der Waals surface area (Å²) >= 11 is 1.53. The molecule has 0 bridgehead atoms. The molecule has 142 valence electrons. The third-order valence-corrected chi connectivity index (χ3v) is 5.41. The number of aromatic nitrogens is 3. The first-order valence-corrected chi connectivity index (χ1v) is 9.83. The SMILES string of the molecule is COc1ccc(C[C@H](N)CNc2nnc(-c3ccc4cnccc4c3)s2)cc1. The van der Waals surface area contributed by atoms with Crippen LogP contribution in [-0.2, 0) is 6.42 Å². The number of pyridine rings is 1. The molecule has 0 aliphatic heterocycles. The molecule has 0 saturated carbocycles. The lowest BCUT2D eigenvalue weighted by atomic mass is 10.1. The molecule has 4 rings (SSSR count). The third-order valence-electron chi connectivity index (χ3n) is 4.48. The van der Waals surface area contributed by atoms with E-state index in [0.717, 1.165) is 38.6 Å². The molecule has 0 saturated heterocycles. The summed E-state index contributed by atoms with van der Waals surface area (Å²) in [5.74, 6) is 0.849. The van der Waals surface area contributed by atoms with Crippen molar-refractivity contribution in [1.29, 1.82) is 0 Å². The van der Waals surface area contributed by atoms with E-state index in [1.165, 1.54) is 16.9 Å². The predicted molar refractivity (Wildman–Crippen MR) is 114 cm³/mol. The van der Waals surface area contributed by atoms with Gasteiger partial charge in [0, 0.05) is 35.9 Å². The van der Waals surface area contributed by atoms with Gasteiger partial charge in [-0.05, 0) is 41.6 Å². The molecular formula is C21H21N5OS. The molecule has 28 heavy (non-hydrogen) atoms. The molecule has 2 aromatic carbocycles. The molecule has 0 aliphatic rings. The fourth-order valence-electron chi connectivity index (χ4n) is 2.98. The van der Waals surface area contributed by atoms with Gasteiger partial charge >= 0.3 is 0 Å². The number of ether oxygens (including phenoxy) is 1. The standard InChI is InChI=1S/C21H21N5OS/c1-27-19-6-2-14(3-7-19)10-18(22)13-24-21-26-25-20(28-21)16-4-5-17-12-23-9-8-15(17)11-16/h2-9,11-12,18H,10,13,22H2,1H3,(H,24,26)/t18-/m0/s1. The number of nitrogens with zero attached hydrogens (tertiary/aromatic N) is 3. The number of hydrogen-bond acceptors (Lipinski definition) is 7. The highest BCUT2D eigenvalue weighted by molar-refractivity contribution is 7.18. The molecule has 0 fully saturated rings. The van der Waals surface area contributed by atoms with Crippen LogP contribution in [0.25, 0.3) is 21.3 Å². The highest BCUT2D eigenvalue weighted by Gasteiger charge is 2.10. The highest BCUT2D eigenvalue weighted by Crippen LogP contribution is 2.28. The van der Waals surface area contributed by atoms with Crippen LogP contribution >= 0.6 is 11.3 Å². The van der Waals surface area contributed by atoms with Gasteiger partial charge in [-0.25, -0.2) is 0 Å². The normalized spacial score (nSPS) is 12.1. The Kier molecular flexibility index (Phi) is 5.45. The zero-order valence-electron chi connectivity index (χ0n) is 15.5. The Bertz CT molecular complexity index is 1060. The van der Waals surface area contributed by atoms with E-state index < -0.39 is 0 Å². The zero-order chi connectivity index (χ0) is 19.3. The fourth-order valence-corrected chi connectivity index (χ4v) is 3.73. The van der Waals surface area contributed by atoms with E-state index >= 15 is 0 Å². The van der Waals surface area contributed by atoms with Gasteiger partial charge in [-0.15, -0.1) is 10.2 Å². The zero-order valence-corrected chi connectivity index (χ0v) is 16.3. The van der Waals surface area contributed by atoms with Crippen molar-refractivity contribution in [2.75, 3.05) is 19.0 Å². The topological polar surface area (TPSA) is 86.0 Å². The smallest absolute Gasteiger partial charge is 0.206 e. The van der Waals surface area contributed by atoms with Crippen LogP contribution in [0.3, 0.4) is 0 Å². The number of hydrogen-bond donors (Lipinski definition) is 2. The second-order valence-corrected chi connectivity index (χ2v) is 7.52. The van der Waals surface area contributed by atoms with Crippen molar-refractivity contribution in [2.24, 2.45) is 5.73 Å². The van der Waals surface area contributed by atoms with Gasteiger partial charge in [0.05, 0.1) is 7.11 Å². The predicted octanol–water partition coefficient (Wildman–Crippen LogP) is 3.74. The highest BCUT2D eigenvalue weighted by atomic mass is 32.1. The van der Waals surface area contributed by atoms with Gasteiger partial charge in [0.2, 0.25) is 5.13 Å². The van der Waals surface area contributed by atoms with Crippen molar-refractivity contribution in [3.05, 3.63) is 66.5 Å². The largest absolute Gasteiger partial charge is 0.497 e. The van der Waals surface area contributed by atoms with Gasteiger partial charge in [-0.2, -0.15) is 0 Å². The second-order valence-electron chi connectivity index (χ2n) is 6.54. The summed E-state index contributed by atoms with van der Waals surface area (Å²) in [5, 5.41) is 15.8. The number of methoxy groups -OCH3 is 1. The maximum absolute atomic E-state index is 6.26. The lowest BCUT2D eigenvalue weighted by molar-refractivity contribution is 0.414. The van der Waals surface area contributed by atoms with Crippen molar-refractivity contribution in [3.8, 4) is 16.3 Å². The Morgan fingerprint density at radius 3 is 2.75 bits per heavy atom. The van der Waals surface area contributed by atoms with Crippen molar-refractivity contribution in [3.63, 3.8) is 0 Å². The molecule has 0 spiro atoms. The molecule has 2 aromatic heterocycles. The van der Waals surface area contributed by atoms with Gasteiger partial charge in [0.1, 0.15) is 10.8 Å². The average Bonchev–Trinajstić information content (AvgIpc) is 3.21. The number of nitrogens with two attached hydrogens (primary N) is 1. The van der Waals surface area contributed by atoms with Crippen LogP contribution in [0.2, 0.25) is 0 Å². The van der Waals surface area contributed by atoms with E-state index in [9.17, 15) is 0 Å². The second kappa shape index (κ2) is 8.33. The third kappa shape index (κ3) is 4.27. The quantitative estimate of drug-likeness (QED) is 0.499. The molecule has 3 N–H and O–H groups in total. The summed E-state index contributed by atoms with van der Waals surface area (Å²) in [6, 6.07) is 16.2. The molecule has 6 nitrogen and oxygen atoms in total. The van der Waals surface area contributed by atoms with E-state index in [1.54, 1.807) is 13.3 Å². The number of fused-ring (bicyclic) bond motifs is 1. The number of benzene rings is 2.